The van der Waals surface area contributed by atoms with E-state index in [0.717, 1.165) is 5.56 Å². The molecular weight excluding hydrogens is 270 g/mol. The third-order valence-corrected chi connectivity index (χ3v) is 2.73. The van der Waals surface area contributed by atoms with Gasteiger partial charge in [0.25, 0.3) is 5.69 Å². The van der Waals surface area contributed by atoms with Gasteiger partial charge in [0.2, 0.25) is 0 Å². The summed E-state index contributed by atoms with van der Waals surface area (Å²) in [5, 5.41) is 10.5. The Hall–Kier alpha value is -2.95. The fourth-order valence-corrected chi connectivity index (χ4v) is 1.67. The molecule has 21 heavy (non-hydrogen) atoms. The van der Waals surface area contributed by atoms with Crippen molar-refractivity contribution in [1.82, 2.24) is 0 Å². The van der Waals surface area contributed by atoms with E-state index in [0.29, 0.717) is 5.56 Å². The molecule has 0 atom stereocenters. The third kappa shape index (κ3) is 4.28. The van der Waals surface area contributed by atoms with E-state index in [-0.39, 0.29) is 18.3 Å². The lowest BCUT2D eigenvalue weighted by Gasteiger charge is -2.01. The van der Waals surface area contributed by atoms with Gasteiger partial charge in [0, 0.05) is 12.1 Å². The van der Waals surface area contributed by atoms with E-state index in [1.54, 1.807) is 48.6 Å². The number of benzene rings is 2. The lowest BCUT2D eigenvalue weighted by atomic mass is 10.2. The highest BCUT2D eigenvalue weighted by atomic mass is 16.6. The van der Waals surface area contributed by atoms with E-state index in [1.807, 2.05) is 6.07 Å². The number of non-ortho nitro benzene ring substituents is 1. The summed E-state index contributed by atoms with van der Waals surface area (Å²) >= 11 is 0. The Labute approximate surface area is 121 Å². The van der Waals surface area contributed by atoms with Crippen LogP contribution in [0.4, 0.5) is 5.69 Å². The van der Waals surface area contributed by atoms with Crippen molar-refractivity contribution in [1.29, 1.82) is 0 Å². The molecule has 5 heteroatoms. The number of hydrogen-bond donors (Lipinski definition) is 0. The maximum absolute atomic E-state index is 11.6. The summed E-state index contributed by atoms with van der Waals surface area (Å²) in [4.78, 5) is 21.7. The number of esters is 1. The first-order chi connectivity index (χ1) is 10.2. The van der Waals surface area contributed by atoms with Gasteiger partial charge < -0.3 is 4.74 Å². The van der Waals surface area contributed by atoms with Gasteiger partial charge in [-0.2, -0.15) is 0 Å². The quantitative estimate of drug-likeness (QED) is 0.478. The van der Waals surface area contributed by atoms with E-state index < -0.39 is 4.92 Å². The van der Waals surface area contributed by atoms with Gasteiger partial charge >= 0.3 is 5.97 Å². The van der Waals surface area contributed by atoms with Crippen molar-refractivity contribution in [3.8, 4) is 0 Å². The average Bonchev–Trinajstić information content (AvgIpc) is 2.52. The minimum absolute atomic E-state index is 0.0441. The van der Waals surface area contributed by atoms with Crippen LogP contribution in [0.25, 0.3) is 6.08 Å². The predicted octanol–water partition coefficient (Wildman–Crippen LogP) is 3.47. The van der Waals surface area contributed by atoms with Crippen molar-refractivity contribution >= 4 is 17.7 Å². The van der Waals surface area contributed by atoms with E-state index in [4.69, 9.17) is 4.74 Å². The van der Waals surface area contributed by atoms with Crippen molar-refractivity contribution in [3.05, 3.63) is 81.9 Å². The Morgan fingerprint density at radius 3 is 2.38 bits per heavy atom. The standard InChI is InChI=1S/C16H13NO4/c18-16(14-6-2-1-3-7-14)21-12-4-5-13-8-10-15(11-9-13)17(19)20/h1-11H,12H2/b5-4+. The Morgan fingerprint density at radius 2 is 1.76 bits per heavy atom. The van der Waals surface area contributed by atoms with Crippen LogP contribution in [-0.2, 0) is 4.74 Å². The number of carbonyl (C=O) groups excluding carboxylic acids is 1. The number of hydrogen-bond acceptors (Lipinski definition) is 4. The van der Waals surface area contributed by atoms with E-state index >= 15 is 0 Å². The highest BCUT2D eigenvalue weighted by molar-refractivity contribution is 5.89. The molecule has 0 bridgehead atoms. The van der Waals surface area contributed by atoms with E-state index in [9.17, 15) is 14.9 Å². The summed E-state index contributed by atoms with van der Waals surface area (Å²) < 4.78 is 5.08. The van der Waals surface area contributed by atoms with Crippen LogP contribution in [-0.4, -0.2) is 17.5 Å². The molecule has 0 radical (unpaired) electrons. The first-order valence-electron chi connectivity index (χ1n) is 6.30. The summed E-state index contributed by atoms with van der Waals surface area (Å²) in [7, 11) is 0. The molecule has 2 rings (SSSR count). The van der Waals surface area contributed by atoms with Gasteiger partial charge in [0.15, 0.2) is 0 Å². The van der Waals surface area contributed by atoms with Crippen molar-refractivity contribution in [2.75, 3.05) is 6.61 Å². The first kappa shape index (κ1) is 14.5. The van der Waals surface area contributed by atoms with Gasteiger partial charge in [-0.15, -0.1) is 0 Å². The molecule has 0 aliphatic heterocycles. The molecule has 0 N–H and O–H groups in total. The fourth-order valence-electron chi connectivity index (χ4n) is 1.67. The second-order valence-electron chi connectivity index (χ2n) is 4.22. The number of rotatable bonds is 5. The molecule has 0 saturated heterocycles. The van der Waals surface area contributed by atoms with Gasteiger partial charge in [-0.3, -0.25) is 10.1 Å². The van der Waals surface area contributed by atoms with Gasteiger partial charge in [0.1, 0.15) is 6.61 Å². The van der Waals surface area contributed by atoms with Crippen molar-refractivity contribution < 1.29 is 14.5 Å². The fraction of sp³-hybridized carbons (Fsp3) is 0.0625. The molecule has 0 saturated carbocycles. The molecule has 5 nitrogen and oxygen atoms in total. The molecule has 0 aromatic heterocycles. The van der Waals surface area contributed by atoms with Crippen molar-refractivity contribution in [3.63, 3.8) is 0 Å². The van der Waals surface area contributed by atoms with Gasteiger partial charge in [0.05, 0.1) is 10.5 Å². The van der Waals surface area contributed by atoms with Crippen LogP contribution >= 0.6 is 0 Å². The highest BCUT2D eigenvalue weighted by Crippen LogP contribution is 2.12. The topological polar surface area (TPSA) is 69.4 Å². The number of nitrogens with zero attached hydrogens (tertiary/aromatic N) is 1. The van der Waals surface area contributed by atoms with Crippen LogP contribution in [0, 0.1) is 10.1 Å². The zero-order valence-corrected chi connectivity index (χ0v) is 11.1. The average molecular weight is 283 g/mol. The molecule has 2 aromatic carbocycles. The monoisotopic (exact) mass is 283 g/mol. The Kier molecular flexibility index (Phi) is 4.82. The Balaban J connectivity index is 1.85. The third-order valence-electron chi connectivity index (χ3n) is 2.73. The van der Waals surface area contributed by atoms with Crippen LogP contribution in [0.1, 0.15) is 15.9 Å². The van der Waals surface area contributed by atoms with Crippen molar-refractivity contribution in [2.45, 2.75) is 0 Å². The Morgan fingerprint density at radius 1 is 1.10 bits per heavy atom. The molecule has 0 fully saturated rings. The summed E-state index contributed by atoms with van der Waals surface area (Å²) in [5.41, 5.74) is 1.35. The first-order valence-corrected chi connectivity index (χ1v) is 6.30. The SMILES string of the molecule is O=C(OC/C=C/c1ccc([N+](=O)[O-])cc1)c1ccccc1. The van der Waals surface area contributed by atoms with Crippen molar-refractivity contribution in [2.24, 2.45) is 0 Å². The van der Waals surface area contributed by atoms with Crippen LogP contribution in [0.15, 0.2) is 60.7 Å². The van der Waals surface area contributed by atoms with Crippen LogP contribution < -0.4 is 0 Å². The molecule has 0 amide bonds. The molecule has 2 aromatic rings. The van der Waals surface area contributed by atoms with Crippen LogP contribution in [0.5, 0.6) is 0 Å². The number of ether oxygens (including phenoxy) is 1. The van der Waals surface area contributed by atoms with Crippen LogP contribution in [0.2, 0.25) is 0 Å². The highest BCUT2D eigenvalue weighted by Gasteiger charge is 2.04. The zero-order chi connectivity index (χ0) is 15.1. The van der Waals surface area contributed by atoms with E-state index in [1.165, 1.54) is 12.1 Å². The molecule has 0 unspecified atom stereocenters. The predicted molar refractivity (Wildman–Crippen MR) is 78.9 cm³/mol. The summed E-state index contributed by atoms with van der Waals surface area (Å²) in [6, 6.07) is 14.8. The summed E-state index contributed by atoms with van der Waals surface area (Å²) in [6.45, 7) is 0.144. The normalized spacial score (nSPS) is 10.5. The minimum atomic E-state index is -0.449. The summed E-state index contributed by atoms with van der Waals surface area (Å²) in [6.07, 6.45) is 3.42. The van der Waals surface area contributed by atoms with Gasteiger partial charge in [-0.25, -0.2) is 4.79 Å². The second kappa shape index (κ2) is 7.00. The molecule has 0 aliphatic rings. The second-order valence-corrected chi connectivity index (χ2v) is 4.22. The maximum atomic E-state index is 11.6. The number of nitro benzene ring substituents is 1. The van der Waals surface area contributed by atoms with Gasteiger partial charge in [-0.05, 0) is 35.9 Å². The Bertz CT molecular complexity index is 648. The largest absolute Gasteiger partial charge is 0.458 e. The number of carbonyl (C=O) groups is 1. The molecule has 0 aliphatic carbocycles. The lowest BCUT2D eigenvalue weighted by Crippen LogP contribution is -2.04. The maximum Gasteiger partial charge on any atom is 0.338 e. The van der Waals surface area contributed by atoms with Gasteiger partial charge in [-0.1, -0.05) is 24.3 Å². The smallest absolute Gasteiger partial charge is 0.338 e. The summed E-state index contributed by atoms with van der Waals surface area (Å²) in [5.74, 6) is -0.385. The van der Waals surface area contributed by atoms with E-state index in [2.05, 4.69) is 0 Å². The molecule has 0 heterocycles. The lowest BCUT2D eigenvalue weighted by molar-refractivity contribution is -0.384. The molecule has 106 valence electrons. The zero-order valence-electron chi connectivity index (χ0n) is 11.1. The molecular formula is C16H13NO4. The van der Waals surface area contributed by atoms with Crippen LogP contribution in [0.3, 0.4) is 0 Å². The minimum Gasteiger partial charge on any atom is -0.458 e. The molecule has 0 spiro atoms. The number of nitro groups is 1.